The predicted molar refractivity (Wildman–Crippen MR) is 122 cm³/mol. The Balaban J connectivity index is 1.49. The van der Waals surface area contributed by atoms with Crippen LogP contribution in [0.15, 0.2) is 59.8 Å². The molecule has 31 heavy (non-hydrogen) atoms. The van der Waals surface area contributed by atoms with E-state index in [1.165, 1.54) is 22.5 Å². The number of hydrazone groups is 1. The Bertz CT molecular complexity index is 1230. The Morgan fingerprint density at radius 2 is 1.61 bits per heavy atom. The average Bonchev–Trinajstić information content (AvgIpc) is 2.83. The molecular formula is C24H22FN5O. The topological polar surface area (TPSA) is 62.6 Å². The van der Waals surface area contributed by atoms with E-state index in [-0.39, 0.29) is 11.8 Å². The zero-order valence-electron chi connectivity index (χ0n) is 17.2. The van der Waals surface area contributed by atoms with E-state index < -0.39 is 5.82 Å². The van der Waals surface area contributed by atoms with Gasteiger partial charge in [0.05, 0.1) is 25.6 Å². The maximum absolute atomic E-state index is 14.3. The summed E-state index contributed by atoms with van der Waals surface area (Å²) in [5.74, 6) is 0.0639. The van der Waals surface area contributed by atoms with Crippen LogP contribution in [-0.2, 0) is 4.74 Å². The fourth-order valence-corrected chi connectivity index (χ4v) is 4.08. The molecule has 0 bridgehead atoms. The summed E-state index contributed by atoms with van der Waals surface area (Å²) in [6, 6.07) is 16.6. The third kappa shape index (κ3) is 3.68. The summed E-state index contributed by atoms with van der Waals surface area (Å²) >= 11 is 0. The van der Waals surface area contributed by atoms with Gasteiger partial charge in [0.2, 0.25) is 5.95 Å². The van der Waals surface area contributed by atoms with Crippen molar-refractivity contribution in [1.82, 2.24) is 9.97 Å². The summed E-state index contributed by atoms with van der Waals surface area (Å²) in [5.41, 5.74) is 5.12. The van der Waals surface area contributed by atoms with Gasteiger partial charge in [0.1, 0.15) is 0 Å². The van der Waals surface area contributed by atoms with Crippen LogP contribution in [0.25, 0.3) is 21.5 Å². The van der Waals surface area contributed by atoms with Gasteiger partial charge in [-0.3, -0.25) is 0 Å². The van der Waals surface area contributed by atoms with Crippen LogP contribution in [0.3, 0.4) is 0 Å². The van der Waals surface area contributed by atoms with Gasteiger partial charge in [-0.15, -0.1) is 0 Å². The van der Waals surface area contributed by atoms with Crippen molar-refractivity contribution in [3.05, 3.63) is 71.7 Å². The van der Waals surface area contributed by atoms with Crippen LogP contribution in [0.1, 0.15) is 11.1 Å². The number of hydrogen-bond acceptors (Lipinski definition) is 6. The minimum atomic E-state index is -0.452. The van der Waals surface area contributed by atoms with E-state index in [9.17, 15) is 4.39 Å². The van der Waals surface area contributed by atoms with Gasteiger partial charge in [0.25, 0.3) is 0 Å². The van der Waals surface area contributed by atoms with Crippen molar-refractivity contribution in [1.29, 1.82) is 0 Å². The van der Waals surface area contributed by atoms with Crippen LogP contribution in [-0.4, -0.2) is 42.5 Å². The van der Waals surface area contributed by atoms with Gasteiger partial charge in [-0.05, 0) is 34.0 Å². The van der Waals surface area contributed by atoms with E-state index in [1.54, 1.807) is 6.21 Å². The van der Waals surface area contributed by atoms with Gasteiger partial charge in [-0.25, -0.2) is 14.8 Å². The van der Waals surface area contributed by atoms with Crippen LogP contribution in [0, 0.1) is 12.7 Å². The molecule has 0 amide bonds. The van der Waals surface area contributed by atoms with Crippen molar-refractivity contribution in [2.45, 2.75) is 6.92 Å². The van der Waals surface area contributed by atoms with Gasteiger partial charge in [0, 0.05) is 18.7 Å². The Morgan fingerprint density at radius 3 is 2.26 bits per heavy atom. The summed E-state index contributed by atoms with van der Waals surface area (Å²) < 4.78 is 19.6. The zero-order valence-corrected chi connectivity index (χ0v) is 17.2. The molecule has 4 aromatic rings. The van der Waals surface area contributed by atoms with E-state index in [2.05, 4.69) is 51.7 Å². The third-order valence-corrected chi connectivity index (χ3v) is 5.64. The van der Waals surface area contributed by atoms with Crippen LogP contribution in [0.4, 0.5) is 16.2 Å². The number of anilines is 2. The van der Waals surface area contributed by atoms with E-state index in [0.717, 1.165) is 16.3 Å². The van der Waals surface area contributed by atoms with Crippen molar-refractivity contribution in [3.8, 4) is 0 Å². The lowest BCUT2D eigenvalue weighted by Gasteiger charge is -2.27. The molecule has 1 aromatic heterocycles. The van der Waals surface area contributed by atoms with Gasteiger partial charge >= 0.3 is 0 Å². The SMILES string of the molecule is Cc1c2ccccc2c(/C=N\Nc2ncc(F)c(N3CCOCC3)n2)c2ccccc12. The van der Waals surface area contributed by atoms with Gasteiger partial charge in [-0.1, -0.05) is 48.5 Å². The number of halogens is 1. The first-order valence-corrected chi connectivity index (χ1v) is 10.3. The molecule has 5 rings (SSSR count). The second-order valence-corrected chi connectivity index (χ2v) is 7.46. The van der Waals surface area contributed by atoms with Crippen LogP contribution < -0.4 is 10.3 Å². The maximum atomic E-state index is 14.3. The Labute approximate surface area is 179 Å². The number of aromatic nitrogens is 2. The largest absolute Gasteiger partial charge is 0.378 e. The van der Waals surface area contributed by atoms with Crippen LogP contribution in [0.5, 0.6) is 0 Å². The molecule has 0 radical (unpaired) electrons. The fourth-order valence-electron chi connectivity index (χ4n) is 4.08. The first-order chi connectivity index (χ1) is 15.2. The smallest absolute Gasteiger partial charge is 0.245 e. The third-order valence-electron chi connectivity index (χ3n) is 5.64. The first kappa shape index (κ1) is 19.4. The van der Waals surface area contributed by atoms with E-state index in [0.29, 0.717) is 26.3 Å². The molecule has 0 unspecified atom stereocenters. The summed E-state index contributed by atoms with van der Waals surface area (Å²) in [7, 11) is 0. The van der Waals surface area contributed by atoms with E-state index in [4.69, 9.17) is 4.74 Å². The molecule has 1 aliphatic heterocycles. The number of nitrogens with one attached hydrogen (secondary N) is 1. The van der Waals surface area contributed by atoms with Crippen molar-refractivity contribution < 1.29 is 9.13 Å². The number of ether oxygens (including phenoxy) is 1. The molecule has 7 heteroatoms. The zero-order chi connectivity index (χ0) is 21.2. The minimum Gasteiger partial charge on any atom is -0.378 e. The number of rotatable bonds is 4. The Kier molecular flexibility index (Phi) is 5.18. The maximum Gasteiger partial charge on any atom is 0.245 e. The van der Waals surface area contributed by atoms with Crippen molar-refractivity contribution in [2.75, 3.05) is 36.6 Å². The fraction of sp³-hybridized carbons (Fsp3) is 0.208. The number of aryl methyl sites for hydroxylation is 1. The normalized spacial score (nSPS) is 14.6. The molecule has 2 heterocycles. The monoisotopic (exact) mass is 415 g/mol. The second-order valence-electron chi connectivity index (χ2n) is 7.46. The second kappa shape index (κ2) is 8.28. The number of morpholine rings is 1. The van der Waals surface area contributed by atoms with Crippen molar-refractivity contribution >= 4 is 39.5 Å². The molecule has 1 saturated heterocycles. The van der Waals surface area contributed by atoms with Gasteiger partial charge in [-0.2, -0.15) is 10.1 Å². The van der Waals surface area contributed by atoms with E-state index in [1.807, 2.05) is 29.2 Å². The molecule has 0 saturated carbocycles. The lowest BCUT2D eigenvalue weighted by atomic mass is 9.93. The molecule has 0 spiro atoms. The highest BCUT2D eigenvalue weighted by Crippen LogP contribution is 2.31. The number of nitrogens with zero attached hydrogens (tertiary/aromatic N) is 4. The first-order valence-electron chi connectivity index (χ1n) is 10.3. The molecular weight excluding hydrogens is 393 g/mol. The van der Waals surface area contributed by atoms with Crippen LogP contribution in [0.2, 0.25) is 0 Å². The van der Waals surface area contributed by atoms with Gasteiger partial charge in [0.15, 0.2) is 11.6 Å². The highest BCUT2D eigenvalue weighted by atomic mass is 19.1. The number of benzene rings is 3. The number of fused-ring (bicyclic) bond motifs is 2. The summed E-state index contributed by atoms with van der Waals surface area (Å²) in [4.78, 5) is 10.2. The molecule has 1 aliphatic rings. The number of hydrogen-bond donors (Lipinski definition) is 1. The Hall–Kier alpha value is -3.58. The van der Waals surface area contributed by atoms with E-state index >= 15 is 0 Å². The molecule has 1 fully saturated rings. The van der Waals surface area contributed by atoms with Crippen LogP contribution >= 0.6 is 0 Å². The molecule has 156 valence electrons. The predicted octanol–water partition coefficient (Wildman–Crippen LogP) is 4.51. The molecule has 6 nitrogen and oxygen atoms in total. The minimum absolute atomic E-state index is 0.250. The van der Waals surface area contributed by atoms with Crippen molar-refractivity contribution in [3.63, 3.8) is 0 Å². The summed E-state index contributed by atoms with van der Waals surface area (Å²) in [6.45, 7) is 4.44. The summed E-state index contributed by atoms with van der Waals surface area (Å²) in [5, 5.41) is 9.02. The Morgan fingerprint density at radius 1 is 1.00 bits per heavy atom. The highest BCUT2D eigenvalue weighted by molar-refractivity contribution is 6.15. The lowest BCUT2D eigenvalue weighted by Crippen LogP contribution is -2.37. The highest BCUT2D eigenvalue weighted by Gasteiger charge is 2.17. The molecule has 3 aromatic carbocycles. The molecule has 0 atom stereocenters. The average molecular weight is 415 g/mol. The summed E-state index contributed by atoms with van der Waals surface area (Å²) in [6.07, 6.45) is 2.96. The quantitative estimate of drug-likeness (QED) is 0.302. The lowest BCUT2D eigenvalue weighted by molar-refractivity contribution is 0.122. The van der Waals surface area contributed by atoms with Gasteiger partial charge < -0.3 is 9.64 Å². The molecule has 1 N–H and O–H groups in total. The van der Waals surface area contributed by atoms with Crippen molar-refractivity contribution in [2.24, 2.45) is 5.10 Å². The standard InChI is InChI=1S/C24H22FN5O/c1-16-17-6-2-4-8-19(17)21(20-9-5-3-7-18(16)20)14-27-29-24-26-15-22(25)23(28-24)30-10-12-31-13-11-30/h2-9,14-15H,10-13H2,1H3,(H,26,28,29)/b27-14-. The molecule has 0 aliphatic carbocycles.